The quantitative estimate of drug-likeness (QED) is 0.661. The fraction of sp³-hybridized carbons (Fsp3) is 0.667. The molecule has 0 saturated carbocycles. The van der Waals surface area contributed by atoms with Crippen LogP contribution in [0.5, 0.6) is 0 Å². The zero-order chi connectivity index (χ0) is 12.5. The van der Waals surface area contributed by atoms with Crippen molar-refractivity contribution in [1.82, 2.24) is 0 Å². The highest BCUT2D eigenvalue weighted by Crippen LogP contribution is 2.14. The molecule has 0 saturated heterocycles. The summed E-state index contributed by atoms with van der Waals surface area (Å²) in [6.45, 7) is 5.20. The van der Waals surface area contributed by atoms with Crippen LogP contribution in [0.2, 0.25) is 0 Å². The van der Waals surface area contributed by atoms with Gasteiger partial charge in [-0.3, -0.25) is 0 Å². The number of nitrogens with two attached hydrogens (primary N) is 1. The zero-order valence-corrected chi connectivity index (χ0v) is 10.5. The summed E-state index contributed by atoms with van der Waals surface area (Å²) in [4.78, 5) is 0. The molecule has 1 rings (SSSR count). The minimum absolute atomic E-state index is 0.418. The van der Waals surface area contributed by atoms with E-state index in [4.69, 9.17) is 24.4 Å². The molecule has 5 nitrogen and oxygen atoms in total. The second-order valence-corrected chi connectivity index (χ2v) is 3.66. The van der Waals surface area contributed by atoms with Crippen molar-refractivity contribution in [3.63, 3.8) is 0 Å². The third-order valence-corrected chi connectivity index (χ3v) is 2.33. The largest absolute Gasteiger partial charge is 0.465 e. The molecule has 0 amide bonds. The molecular formula is C12H21NO4. The Bertz CT molecular complexity index is 311. The Morgan fingerprint density at radius 2 is 1.88 bits per heavy atom. The predicted molar refractivity (Wildman–Crippen MR) is 63.7 cm³/mol. The van der Waals surface area contributed by atoms with Crippen LogP contribution in [0.1, 0.15) is 17.1 Å². The molecule has 0 aliphatic rings. The summed E-state index contributed by atoms with van der Waals surface area (Å²) in [5.74, 6) is 1.66. The number of rotatable bonds is 9. The summed E-state index contributed by atoms with van der Waals surface area (Å²) < 4.78 is 21.0. The van der Waals surface area contributed by atoms with Crippen molar-refractivity contribution < 1.29 is 18.6 Å². The number of furan rings is 1. The molecule has 17 heavy (non-hydrogen) atoms. The van der Waals surface area contributed by atoms with Crippen LogP contribution in [0, 0.1) is 6.92 Å². The number of aryl methyl sites for hydroxylation is 1. The van der Waals surface area contributed by atoms with Gasteiger partial charge in [-0.15, -0.1) is 0 Å². The fourth-order valence-corrected chi connectivity index (χ4v) is 1.38. The van der Waals surface area contributed by atoms with Crippen molar-refractivity contribution in [3.05, 3.63) is 23.2 Å². The Labute approximate surface area is 102 Å². The Morgan fingerprint density at radius 3 is 2.53 bits per heavy atom. The van der Waals surface area contributed by atoms with E-state index < -0.39 is 0 Å². The van der Waals surface area contributed by atoms with Gasteiger partial charge in [-0.05, 0) is 13.0 Å². The van der Waals surface area contributed by atoms with Crippen molar-refractivity contribution in [1.29, 1.82) is 0 Å². The molecule has 0 aliphatic carbocycles. The normalized spacial score (nSPS) is 11.0. The highest BCUT2D eigenvalue weighted by atomic mass is 16.5. The number of methoxy groups -OCH3 is 1. The van der Waals surface area contributed by atoms with E-state index in [-0.39, 0.29) is 0 Å². The smallest absolute Gasteiger partial charge is 0.118 e. The third-order valence-electron chi connectivity index (χ3n) is 2.33. The lowest BCUT2D eigenvalue weighted by Gasteiger charge is -2.04. The average molecular weight is 243 g/mol. The molecule has 1 heterocycles. The van der Waals surface area contributed by atoms with E-state index in [1.807, 2.05) is 13.0 Å². The summed E-state index contributed by atoms with van der Waals surface area (Å²) in [6, 6.07) is 1.93. The fourth-order valence-electron chi connectivity index (χ4n) is 1.38. The maximum absolute atomic E-state index is 5.49. The molecule has 0 unspecified atom stereocenters. The highest BCUT2D eigenvalue weighted by molar-refractivity contribution is 5.19. The van der Waals surface area contributed by atoms with Gasteiger partial charge in [0.2, 0.25) is 0 Å². The number of hydrogen-bond donors (Lipinski definition) is 1. The average Bonchev–Trinajstić information content (AvgIpc) is 2.69. The predicted octanol–water partition coefficient (Wildman–Crippen LogP) is 1.23. The van der Waals surface area contributed by atoms with E-state index in [0.717, 1.165) is 17.1 Å². The first-order valence-electron chi connectivity index (χ1n) is 5.70. The molecule has 0 radical (unpaired) electrons. The van der Waals surface area contributed by atoms with Crippen molar-refractivity contribution >= 4 is 0 Å². The van der Waals surface area contributed by atoms with Crippen LogP contribution in [0.25, 0.3) is 0 Å². The monoisotopic (exact) mass is 243 g/mol. The van der Waals surface area contributed by atoms with Crippen LogP contribution in [-0.4, -0.2) is 33.5 Å². The van der Waals surface area contributed by atoms with Crippen LogP contribution in [0.3, 0.4) is 0 Å². The molecule has 98 valence electrons. The first-order valence-corrected chi connectivity index (χ1v) is 5.70. The van der Waals surface area contributed by atoms with Gasteiger partial charge in [-0.2, -0.15) is 0 Å². The molecule has 5 heteroatoms. The van der Waals surface area contributed by atoms with Crippen LogP contribution < -0.4 is 5.73 Å². The zero-order valence-electron chi connectivity index (χ0n) is 10.5. The van der Waals surface area contributed by atoms with Gasteiger partial charge >= 0.3 is 0 Å². The maximum Gasteiger partial charge on any atom is 0.118 e. The van der Waals surface area contributed by atoms with Crippen LogP contribution in [0.4, 0.5) is 0 Å². The number of ether oxygens (including phenoxy) is 3. The second kappa shape index (κ2) is 8.25. The van der Waals surface area contributed by atoms with Gasteiger partial charge in [0.1, 0.15) is 11.5 Å². The van der Waals surface area contributed by atoms with E-state index in [0.29, 0.717) is 39.6 Å². The minimum atomic E-state index is 0.418. The van der Waals surface area contributed by atoms with E-state index in [9.17, 15) is 0 Å². The SMILES string of the molecule is COCCOCCOCc1cc(CN)oc1C. The molecule has 1 aromatic heterocycles. The maximum atomic E-state index is 5.49. The van der Waals surface area contributed by atoms with Gasteiger partial charge in [0.25, 0.3) is 0 Å². The third kappa shape index (κ3) is 5.32. The van der Waals surface area contributed by atoms with Crippen LogP contribution in [-0.2, 0) is 27.4 Å². The van der Waals surface area contributed by atoms with Crippen LogP contribution >= 0.6 is 0 Å². The lowest BCUT2D eigenvalue weighted by Crippen LogP contribution is -2.08. The highest BCUT2D eigenvalue weighted by Gasteiger charge is 2.05. The van der Waals surface area contributed by atoms with Gasteiger partial charge < -0.3 is 24.4 Å². The van der Waals surface area contributed by atoms with E-state index in [2.05, 4.69) is 0 Å². The standard InChI is InChI=1S/C12H21NO4/c1-10-11(7-12(8-13)17-10)9-16-6-5-15-4-3-14-2/h7H,3-6,8-9,13H2,1-2H3. The summed E-state index contributed by atoms with van der Waals surface area (Å²) in [6.07, 6.45) is 0. The van der Waals surface area contributed by atoms with Crippen molar-refractivity contribution in [2.75, 3.05) is 33.5 Å². The Kier molecular flexibility index (Phi) is 6.88. The first kappa shape index (κ1) is 14.2. The van der Waals surface area contributed by atoms with E-state index in [1.54, 1.807) is 7.11 Å². The molecule has 0 fully saturated rings. The van der Waals surface area contributed by atoms with Gasteiger partial charge in [-0.25, -0.2) is 0 Å². The first-order chi connectivity index (χ1) is 8.27. The Morgan fingerprint density at radius 1 is 1.18 bits per heavy atom. The van der Waals surface area contributed by atoms with E-state index in [1.165, 1.54) is 0 Å². The Balaban J connectivity index is 2.11. The minimum Gasteiger partial charge on any atom is -0.465 e. The number of hydrogen-bond acceptors (Lipinski definition) is 5. The second-order valence-electron chi connectivity index (χ2n) is 3.66. The summed E-state index contributed by atoms with van der Waals surface area (Å²) >= 11 is 0. The molecule has 2 N–H and O–H groups in total. The van der Waals surface area contributed by atoms with Crippen molar-refractivity contribution in [2.45, 2.75) is 20.1 Å². The van der Waals surface area contributed by atoms with Gasteiger partial charge in [0.05, 0.1) is 39.6 Å². The van der Waals surface area contributed by atoms with Gasteiger partial charge in [0.15, 0.2) is 0 Å². The van der Waals surface area contributed by atoms with Crippen molar-refractivity contribution in [2.24, 2.45) is 5.73 Å². The Hall–Kier alpha value is -0.880. The molecule has 0 aromatic carbocycles. The molecule has 0 atom stereocenters. The van der Waals surface area contributed by atoms with Crippen LogP contribution in [0.15, 0.2) is 10.5 Å². The lowest BCUT2D eigenvalue weighted by atomic mass is 10.2. The van der Waals surface area contributed by atoms with E-state index >= 15 is 0 Å². The van der Waals surface area contributed by atoms with Gasteiger partial charge in [-0.1, -0.05) is 0 Å². The van der Waals surface area contributed by atoms with Crippen molar-refractivity contribution in [3.8, 4) is 0 Å². The lowest BCUT2D eigenvalue weighted by molar-refractivity contribution is 0.0197. The molecule has 0 bridgehead atoms. The molecule has 0 spiro atoms. The summed E-state index contributed by atoms with van der Waals surface area (Å²) in [5.41, 5.74) is 6.53. The van der Waals surface area contributed by atoms with Gasteiger partial charge in [0, 0.05) is 12.7 Å². The summed E-state index contributed by atoms with van der Waals surface area (Å²) in [7, 11) is 1.65. The summed E-state index contributed by atoms with van der Waals surface area (Å²) in [5, 5.41) is 0. The molecule has 1 aromatic rings. The molecule has 0 aliphatic heterocycles. The topological polar surface area (TPSA) is 66.8 Å². The molecular weight excluding hydrogens is 222 g/mol.